The van der Waals surface area contributed by atoms with Crippen molar-refractivity contribution in [2.24, 2.45) is 0 Å². The number of carbonyl (C=O) groups is 1. The van der Waals surface area contributed by atoms with Gasteiger partial charge < -0.3 is 19.5 Å². The number of morpholine rings is 1. The summed E-state index contributed by atoms with van der Waals surface area (Å²) in [7, 11) is 0. The summed E-state index contributed by atoms with van der Waals surface area (Å²) in [5, 5.41) is 6.47. The van der Waals surface area contributed by atoms with Crippen molar-refractivity contribution in [1.82, 2.24) is 10.1 Å². The fraction of sp³-hybridized carbons (Fsp3) is 0.500. The standard InChI is InChI=1S/C18H21F3N4O3/c1-17(2,3)13-8-14(24-28-13)23-16(26)12-10-25(6-7-27-12)15-5-4-11(9-22-15)18(19,20)21/h4-5,8-9,12H,6-7,10H2,1-3H3,(H,23,24,26). The maximum absolute atomic E-state index is 12.7. The van der Waals surface area contributed by atoms with Crippen LogP contribution in [0, 0.1) is 0 Å². The first kappa shape index (κ1) is 20.1. The van der Waals surface area contributed by atoms with Gasteiger partial charge in [-0.25, -0.2) is 4.98 Å². The Morgan fingerprint density at radius 2 is 2.04 bits per heavy atom. The molecule has 1 unspecified atom stereocenters. The minimum atomic E-state index is -4.44. The third kappa shape index (κ3) is 4.61. The number of carbonyl (C=O) groups excluding carboxylic acids is 1. The first-order valence-corrected chi connectivity index (χ1v) is 8.72. The van der Waals surface area contributed by atoms with E-state index < -0.39 is 23.8 Å². The lowest BCUT2D eigenvalue weighted by molar-refractivity contribution is -0.137. The number of ether oxygens (including phenoxy) is 1. The summed E-state index contributed by atoms with van der Waals surface area (Å²) in [6.07, 6.45) is -4.47. The number of pyridine rings is 1. The van der Waals surface area contributed by atoms with Gasteiger partial charge in [-0.05, 0) is 12.1 Å². The van der Waals surface area contributed by atoms with Gasteiger partial charge in [-0.3, -0.25) is 4.79 Å². The molecular formula is C18H21F3N4O3. The fourth-order valence-corrected chi connectivity index (χ4v) is 2.65. The molecule has 1 saturated heterocycles. The van der Waals surface area contributed by atoms with Crippen molar-refractivity contribution < 1.29 is 27.2 Å². The van der Waals surface area contributed by atoms with Gasteiger partial charge in [-0.1, -0.05) is 25.9 Å². The van der Waals surface area contributed by atoms with Crippen molar-refractivity contribution >= 4 is 17.5 Å². The van der Waals surface area contributed by atoms with Gasteiger partial charge in [0.05, 0.1) is 18.7 Å². The molecule has 1 amide bonds. The molecule has 0 aromatic carbocycles. The van der Waals surface area contributed by atoms with E-state index in [1.165, 1.54) is 6.07 Å². The summed E-state index contributed by atoms with van der Waals surface area (Å²) in [5.74, 6) is 0.849. The number of amides is 1. The molecule has 0 spiro atoms. The number of anilines is 2. The highest BCUT2D eigenvalue weighted by molar-refractivity contribution is 5.93. The van der Waals surface area contributed by atoms with Crippen LogP contribution >= 0.6 is 0 Å². The summed E-state index contributed by atoms with van der Waals surface area (Å²) in [5.41, 5.74) is -1.07. The predicted molar refractivity (Wildman–Crippen MR) is 95.0 cm³/mol. The van der Waals surface area contributed by atoms with E-state index in [1.54, 1.807) is 11.0 Å². The predicted octanol–water partition coefficient (Wildman–Crippen LogP) is 3.23. The topological polar surface area (TPSA) is 80.5 Å². The molecule has 0 aliphatic carbocycles. The zero-order valence-corrected chi connectivity index (χ0v) is 15.7. The van der Waals surface area contributed by atoms with Crippen LogP contribution in [0.4, 0.5) is 24.8 Å². The van der Waals surface area contributed by atoms with Crippen LogP contribution < -0.4 is 10.2 Å². The van der Waals surface area contributed by atoms with Crippen LogP contribution in [0.5, 0.6) is 0 Å². The van der Waals surface area contributed by atoms with Gasteiger partial charge in [0.1, 0.15) is 11.6 Å². The zero-order chi connectivity index (χ0) is 20.5. The molecule has 0 bridgehead atoms. The first-order valence-electron chi connectivity index (χ1n) is 8.72. The molecular weight excluding hydrogens is 377 g/mol. The second-order valence-corrected chi connectivity index (χ2v) is 7.52. The van der Waals surface area contributed by atoms with E-state index in [0.717, 1.165) is 12.3 Å². The monoisotopic (exact) mass is 398 g/mol. The summed E-state index contributed by atoms with van der Waals surface area (Å²) < 4.78 is 48.7. The van der Waals surface area contributed by atoms with Crippen molar-refractivity contribution in [3.63, 3.8) is 0 Å². The fourth-order valence-electron chi connectivity index (χ4n) is 2.65. The average Bonchev–Trinajstić information content (AvgIpc) is 3.10. The summed E-state index contributed by atoms with van der Waals surface area (Å²) in [6.45, 7) is 6.69. The highest BCUT2D eigenvalue weighted by Crippen LogP contribution is 2.29. The van der Waals surface area contributed by atoms with Gasteiger partial charge in [0, 0.05) is 24.2 Å². The molecule has 1 aliphatic heterocycles. The lowest BCUT2D eigenvalue weighted by atomic mass is 9.93. The minimum Gasteiger partial charge on any atom is -0.365 e. The summed E-state index contributed by atoms with van der Waals surface area (Å²) in [4.78, 5) is 18.0. The highest BCUT2D eigenvalue weighted by atomic mass is 19.4. The minimum absolute atomic E-state index is 0.161. The lowest BCUT2D eigenvalue weighted by Crippen LogP contribution is -2.48. The molecule has 3 rings (SSSR count). The van der Waals surface area contributed by atoms with Gasteiger partial charge >= 0.3 is 6.18 Å². The van der Waals surface area contributed by atoms with Crippen LogP contribution in [0.3, 0.4) is 0 Å². The summed E-state index contributed by atoms with van der Waals surface area (Å²) in [6, 6.07) is 3.91. The van der Waals surface area contributed by atoms with Crippen molar-refractivity contribution in [2.45, 2.75) is 38.5 Å². The van der Waals surface area contributed by atoms with Crippen LogP contribution in [0.15, 0.2) is 28.9 Å². The Hall–Kier alpha value is -2.62. The number of nitrogens with one attached hydrogen (secondary N) is 1. The van der Waals surface area contributed by atoms with E-state index in [9.17, 15) is 18.0 Å². The van der Waals surface area contributed by atoms with Crippen molar-refractivity contribution in [2.75, 3.05) is 29.9 Å². The van der Waals surface area contributed by atoms with E-state index in [2.05, 4.69) is 15.5 Å². The number of rotatable bonds is 3. The second-order valence-electron chi connectivity index (χ2n) is 7.52. The third-order valence-electron chi connectivity index (χ3n) is 4.26. The molecule has 0 radical (unpaired) electrons. The number of nitrogens with zero attached hydrogens (tertiary/aromatic N) is 3. The smallest absolute Gasteiger partial charge is 0.365 e. The van der Waals surface area contributed by atoms with Crippen LogP contribution in [-0.4, -0.2) is 41.8 Å². The maximum Gasteiger partial charge on any atom is 0.417 e. The zero-order valence-electron chi connectivity index (χ0n) is 15.7. The Morgan fingerprint density at radius 1 is 1.29 bits per heavy atom. The van der Waals surface area contributed by atoms with E-state index in [1.807, 2.05) is 20.8 Å². The number of halogens is 3. The molecule has 152 valence electrons. The largest absolute Gasteiger partial charge is 0.417 e. The lowest BCUT2D eigenvalue weighted by Gasteiger charge is -2.32. The first-order chi connectivity index (χ1) is 13.0. The molecule has 7 nitrogen and oxygen atoms in total. The number of alkyl halides is 3. The Balaban J connectivity index is 1.64. The highest BCUT2D eigenvalue weighted by Gasteiger charge is 2.32. The molecule has 1 N–H and O–H groups in total. The summed E-state index contributed by atoms with van der Waals surface area (Å²) >= 11 is 0. The molecule has 1 atom stereocenters. The Morgan fingerprint density at radius 3 is 2.61 bits per heavy atom. The molecule has 3 heterocycles. The molecule has 2 aromatic rings. The van der Waals surface area contributed by atoms with E-state index >= 15 is 0 Å². The number of hydrogen-bond donors (Lipinski definition) is 1. The molecule has 28 heavy (non-hydrogen) atoms. The maximum atomic E-state index is 12.7. The normalized spacial score (nSPS) is 18.2. The van der Waals surface area contributed by atoms with Crippen molar-refractivity contribution in [3.8, 4) is 0 Å². The molecule has 10 heteroatoms. The van der Waals surface area contributed by atoms with Gasteiger partial charge in [-0.15, -0.1) is 0 Å². The Labute approximate surface area is 159 Å². The Bertz CT molecular complexity index is 828. The van der Waals surface area contributed by atoms with Crippen LogP contribution in [0.25, 0.3) is 0 Å². The SMILES string of the molecule is CC(C)(C)c1cc(NC(=O)C2CN(c3ccc(C(F)(F)F)cn3)CCO2)no1. The average molecular weight is 398 g/mol. The van der Waals surface area contributed by atoms with Gasteiger partial charge in [-0.2, -0.15) is 13.2 Å². The van der Waals surface area contributed by atoms with E-state index in [4.69, 9.17) is 9.26 Å². The van der Waals surface area contributed by atoms with E-state index in [-0.39, 0.29) is 24.4 Å². The number of aromatic nitrogens is 2. The molecule has 0 saturated carbocycles. The van der Waals surface area contributed by atoms with Crippen molar-refractivity contribution in [1.29, 1.82) is 0 Å². The van der Waals surface area contributed by atoms with Crippen molar-refractivity contribution in [3.05, 3.63) is 35.7 Å². The molecule has 1 aliphatic rings. The molecule has 2 aromatic heterocycles. The molecule has 1 fully saturated rings. The quantitative estimate of drug-likeness (QED) is 0.855. The van der Waals surface area contributed by atoms with Gasteiger partial charge in [0.2, 0.25) is 0 Å². The van der Waals surface area contributed by atoms with Gasteiger partial charge in [0.15, 0.2) is 11.9 Å². The third-order valence-corrected chi connectivity index (χ3v) is 4.26. The van der Waals surface area contributed by atoms with Crippen LogP contribution in [0.1, 0.15) is 32.1 Å². The van der Waals surface area contributed by atoms with Crippen LogP contribution in [0.2, 0.25) is 0 Å². The van der Waals surface area contributed by atoms with Gasteiger partial charge in [0.25, 0.3) is 5.91 Å². The Kier molecular flexibility index (Phi) is 5.33. The van der Waals surface area contributed by atoms with Crippen LogP contribution in [-0.2, 0) is 21.1 Å². The second kappa shape index (κ2) is 7.42. The van der Waals surface area contributed by atoms with E-state index in [0.29, 0.717) is 18.1 Å². The number of hydrogen-bond acceptors (Lipinski definition) is 6.